The van der Waals surface area contributed by atoms with E-state index in [-0.39, 0.29) is 11.5 Å². The van der Waals surface area contributed by atoms with Crippen molar-refractivity contribution in [2.45, 2.75) is 84.6 Å². The number of carbonyl (C=O) groups is 1. The molecule has 6 nitrogen and oxygen atoms in total. The number of para-hydroxylation sites is 1. The first-order chi connectivity index (χ1) is 18.6. The average Bonchev–Trinajstić information content (AvgIpc) is 2.95. The third kappa shape index (κ3) is 9.39. The van der Waals surface area contributed by atoms with E-state index in [4.69, 9.17) is 4.98 Å². The van der Waals surface area contributed by atoms with Crippen LogP contribution in [-0.4, -0.2) is 46.5 Å². The van der Waals surface area contributed by atoms with Crippen LogP contribution in [0.15, 0.2) is 59.4 Å². The highest BCUT2D eigenvalue weighted by molar-refractivity contribution is 5.79. The van der Waals surface area contributed by atoms with Gasteiger partial charge in [-0.1, -0.05) is 94.8 Å². The van der Waals surface area contributed by atoms with E-state index in [0.717, 1.165) is 75.2 Å². The molecule has 0 aliphatic rings. The third-order valence-electron chi connectivity index (χ3n) is 7.30. The monoisotopic (exact) mass is 518 g/mol. The number of hydrogen-bond donors (Lipinski definition) is 1. The summed E-state index contributed by atoms with van der Waals surface area (Å²) in [4.78, 5) is 32.5. The van der Waals surface area contributed by atoms with Gasteiger partial charge in [0.2, 0.25) is 5.91 Å². The highest BCUT2D eigenvalue weighted by Crippen LogP contribution is 2.19. The second kappa shape index (κ2) is 16.8. The van der Waals surface area contributed by atoms with Crippen molar-refractivity contribution < 1.29 is 4.79 Å². The molecule has 3 aromatic rings. The molecule has 0 spiro atoms. The zero-order valence-corrected chi connectivity index (χ0v) is 23.5. The number of unbranched alkanes of at least 4 members (excludes halogenated alkanes) is 7. The summed E-state index contributed by atoms with van der Waals surface area (Å²) in [6, 6.07) is 17.6. The van der Waals surface area contributed by atoms with Crippen LogP contribution in [0.25, 0.3) is 22.3 Å². The van der Waals surface area contributed by atoms with Crippen LogP contribution in [0.1, 0.15) is 78.1 Å². The summed E-state index contributed by atoms with van der Waals surface area (Å²) in [6.07, 6.45) is 10.6. The first kappa shape index (κ1) is 29.6. The quantitative estimate of drug-likeness (QED) is 0.197. The highest BCUT2D eigenvalue weighted by Gasteiger charge is 2.12. The lowest BCUT2D eigenvalue weighted by atomic mass is 10.1. The number of carbonyl (C=O) groups excluding carboxylic acids is 1. The SMILES string of the molecule is CCN(CC)CCCNC(=O)CCCCCCCCCCn1c(-c2ccccc2)nc2ccccc2c1=O. The Morgan fingerprint density at radius 3 is 2.16 bits per heavy atom. The van der Waals surface area contributed by atoms with Crippen molar-refractivity contribution in [3.05, 3.63) is 65.0 Å². The lowest BCUT2D eigenvalue weighted by Crippen LogP contribution is -2.29. The Kier molecular flexibility index (Phi) is 13.0. The molecule has 0 aliphatic carbocycles. The van der Waals surface area contributed by atoms with Crippen molar-refractivity contribution in [3.63, 3.8) is 0 Å². The highest BCUT2D eigenvalue weighted by atomic mass is 16.1. The first-order valence-corrected chi connectivity index (χ1v) is 14.7. The van der Waals surface area contributed by atoms with Gasteiger partial charge in [-0.2, -0.15) is 0 Å². The van der Waals surface area contributed by atoms with Crippen molar-refractivity contribution in [2.75, 3.05) is 26.2 Å². The molecule has 1 heterocycles. The van der Waals surface area contributed by atoms with E-state index in [1.165, 1.54) is 25.7 Å². The number of benzene rings is 2. The molecule has 206 valence electrons. The van der Waals surface area contributed by atoms with Crippen molar-refractivity contribution in [1.29, 1.82) is 0 Å². The molecular formula is C32H46N4O2. The van der Waals surface area contributed by atoms with E-state index >= 15 is 0 Å². The van der Waals surface area contributed by atoms with Crippen LogP contribution in [0.3, 0.4) is 0 Å². The smallest absolute Gasteiger partial charge is 0.261 e. The number of nitrogens with one attached hydrogen (secondary N) is 1. The summed E-state index contributed by atoms with van der Waals surface area (Å²) in [7, 11) is 0. The molecule has 2 aromatic carbocycles. The molecule has 1 N–H and O–H groups in total. The molecule has 1 aromatic heterocycles. The van der Waals surface area contributed by atoms with Crippen molar-refractivity contribution >= 4 is 16.8 Å². The molecule has 0 fully saturated rings. The maximum atomic E-state index is 13.3. The van der Waals surface area contributed by atoms with Gasteiger partial charge in [0, 0.05) is 25.1 Å². The first-order valence-electron chi connectivity index (χ1n) is 14.7. The number of rotatable bonds is 18. The number of aromatic nitrogens is 2. The Balaban J connectivity index is 1.31. The van der Waals surface area contributed by atoms with Gasteiger partial charge in [-0.3, -0.25) is 14.2 Å². The number of nitrogens with zero attached hydrogens (tertiary/aromatic N) is 3. The summed E-state index contributed by atoms with van der Waals surface area (Å²) < 4.78 is 1.85. The molecular weight excluding hydrogens is 472 g/mol. The summed E-state index contributed by atoms with van der Waals surface area (Å²) in [5, 5.41) is 3.74. The minimum atomic E-state index is 0.0439. The largest absolute Gasteiger partial charge is 0.356 e. The maximum Gasteiger partial charge on any atom is 0.261 e. The van der Waals surface area contributed by atoms with Gasteiger partial charge >= 0.3 is 0 Å². The van der Waals surface area contributed by atoms with Crippen LogP contribution in [0, 0.1) is 0 Å². The third-order valence-corrected chi connectivity index (χ3v) is 7.30. The standard InChI is InChI=1S/C32H46N4O2/c1-3-35(4-2)25-18-24-33-30(37)23-14-9-7-5-6-8-10-17-26-36-31(27-19-12-11-13-20-27)34-29-22-16-15-21-28(29)32(36)38/h11-13,15-16,19-22H,3-10,14,17-18,23-26H2,1-2H3,(H,33,37). The molecule has 1 amide bonds. The van der Waals surface area contributed by atoms with Crippen molar-refractivity contribution in [1.82, 2.24) is 19.8 Å². The Morgan fingerprint density at radius 1 is 0.816 bits per heavy atom. The van der Waals surface area contributed by atoms with Gasteiger partial charge in [0.05, 0.1) is 10.9 Å². The fourth-order valence-electron chi connectivity index (χ4n) is 4.96. The Labute approximate surface area is 228 Å². The van der Waals surface area contributed by atoms with Crippen LogP contribution in [-0.2, 0) is 11.3 Å². The summed E-state index contributed by atoms with van der Waals surface area (Å²) in [5.41, 5.74) is 1.77. The van der Waals surface area contributed by atoms with Gasteiger partial charge in [-0.05, 0) is 51.0 Å². The van der Waals surface area contributed by atoms with Crippen LogP contribution in [0.2, 0.25) is 0 Å². The Bertz CT molecular complexity index is 1160. The second-order valence-corrected chi connectivity index (χ2v) is 10.1. The zero-order chi connectivity index (χ0) is 27.0. The molecule has 6 heteroatoms. The predicted molar refractivity (Wildman–Crippen MR) is 158 cm³/mol. The van der Waals surface area contributed by atoms with Crippen LogP contribution >= 0.6 is 0 Å². The lowest BCUT2D eigenvalue weighted by Gasteiger charge is -2.17. The Hall–Kier alpha value is -2.99. The number of fused-ring (bicyclic) bond motifs is 1. The van der Waals surface area contributed by atoms with E-state index in [2.05, 4.69) is 24.1 Å². The van der Waals surface area contributed by atoms with Crippen LogP contribution < -0.4 is 10.9 Å². The number of amides is 1. The normalized spacial score (nSPS) is 11.3. The van der Waals surface area contributed by atoms with E-state index in [0.29, 0.717) is 18.4 Å². The minimum Gasteiger partial charge on any atom is -0.356 e. The second-order valence-electron chi connectivity index (χ2n) is 10.1. The van der Waals surface area contributed by atoms with Crippen molar-refractivity contribution in [3.8, 4) is 11.4 Å². The molecule has 0 saturated carbocycles. The Morgan fingerprint density at radius 2 is 1.45 bits per heavy atom. The molecule has 0 unspecified atom stereocenters. The van der Waals surface area contributed by atoms with Crippen LogP contribution in [0.5, 0.6) is 0 Å². The summed E-state index contributed by atoms with van der Waals surface area (Å²) in [5.74, 6) is 0.945. The molecule has 0 bridgehead atoms. The lowest BCUT2D eigenvalue weighted by molar-refractivity contribution is -0.121. The fourth-order valence-corrected chi connectivity index (χ4v) is 4.96. The number of hydrogen-bond acceptors (Lipinski definition) is 4. The predicted octanol–water partition coefficient (Wildman–Crippen LogP) is 6.42. The van der Waals surface area contributed by atoms with Gasteiger partial charge in [0.25, 0.3) is 5.56 Å². The van der Waals surface area contributed by atoms with E-state index < -0.39 is 0 Å². The van der Waals surface area contributed by atoms with E-state index in [1.54, 1.807) is 0 Å². The fraction of sp³-hybridized carbons (Fsp3) is 0.531. The molecule has 38 heavy (non-hydrogen) atoms. The maximum absolute atomic E-state index is 13.3. The van der Waals surface area contributed by atoms with E-state index in [1.807, 2.05) is 59.2 Å². The van der Waals surface area contributed by atoms with Gasteiger partial charge in [0.1, 0.15) is 5.82 Å². The van der Waals surface area contributed by atoms with Crippen molar-refractivity contribution in [2.24, 2.45) is 0 Å². The summed E-state index contributed by atoms with van der Waals surface area (Å²) in [6.45, 7) is 9.02. The average molecular weight is 519 g/mol. The zero-order valence-electron chi connectivity index (χ0n) is 23.5. The molecule has 3 rings (SSSR count). The molecule has 0 saturated heterocycles. The minimum absolute atomic E-state index is 0.0439. The van der Waals surface area contributed by atoms with Gasteiger partial charge < -0.3 is 10.2 Å². The van der Waals surface area contributed by atoms with Gasteiger partial charge in [-0.15, -0.1) is 0 Å². The molecule has 0 atom stereocenters. The van der Waals surface area contributed by atoms with Crippen LogP contribution in [0.4, 0.5) is 0 Å². The van der Waals surface area contributed by atoms with E-state index in [9.17, 15) is 9.59 Å². The van der Waals surface area contributed by atoms with Gasteiger partial charge in [0.15, 0.2) is 0 Å². The summed E-state index contributed by atoms with van der Waals surface area (Å²) >= 11 is 0. The molecule has 0 radical (unpaired) electrons. The van der Waals surface area contributed by atoms with Gasteiger partial charge in [-0.25, -0.2) is 4.98 Å². The molecule has 0 aliphatic heterocycles. The topological polar surface area (TPSA) is 67.2 Å².